The molecule has 0 unspecified atom stereocenters. The van der Waals surface area contributed by atoms with Crippen molar-refractivity contribution in [3.05, 3.63) is 35.6 Å². The lowest BCUT2D eigenvalue weighted by Gasteiger charge is -2.45. The number of piperazine rings is 1. The molecule has 0 aromatic heterocycles. The van der Waals surface area contributed by atoms with Crippen LogP contribution in [0.25, 0.3) is 0 Å². The average molecular weight is 454 g/mol. The van der Waals surface area contributed by atoms with Crippen LogP contribution in [0, 0.1) is 28.5 Å². The predicted molar refractivity (Wildman–Crippen MR) is 120 cm³/mol. The van der Waals surface area contributed by atoms with Gasteiger partial charge in [0.05, 0.1) is 24.2 Å². The van der Waals surface area contributed by atoms with Gasteiger partial charge in [0.25, 0.3) is 0 Å². The summed E-state index contributed by atoms with van der Waals surface area (Å²) in [7, 11) is 0. The molecule has 176 valence electrons. The van der Waals surface area contributed by atoms with E-state index in [1.54, 1.807) is 17.0 Å². The summed E-state index contributed by atoms with van der Waals surface area (Å²) in [6.45, 7) is 7.28. The van der Waals surface area contributed by atoms with Crippen molar-refractivity contribution in [3.8, 4) is 6.07 Å². The van der Waals surface area contributed by atoms with E-state index in [9.17, 15) is 19.2 Å². The van der Waals surface area contributed by atoms with Crippen LogP contribution in [0.1, 0.15) is 51.6 Å². The molecule has 0 spiro atoms. The molecular formula is C25H32FN5O2. The van der Waals surface area contributed by atoms with Gasteiger partial charge in [-0.25, -0.2) is 4.39 Å². The first-order valence-electron chi connectivity index (χ1n) is 11.9. The number of benzene rings is 1. The number of likely N-dealkylation sites (tertiary alicyclic amines) is 3. The average Bonchev–Trinajstić information content (AvgIpc) is 3.09. The molecule has 8 heteroatoms. The molecule has 1 aliphatic carbocycles. The van der Waals surface area contributed by atoms with E-state index in [0.717, 1.165) is 18.4 Å². The lowest BCUT2D eigenvalue weighted by molar-refractivity contribution is -0.143. The maximum absolute atomic E-state index is 13.5. The molecule has 5 rings (SSSR count). The number of carbonyl (C=O) groups is 2. The van der Waals surface area contributed by atoms with Gasteiger partial charge in [-0.05, 0) is 48.3 Å². The Morgan fingerprint density at radius 1 is 1.24 bits per heavy atom. The standard InChI is InChI=1S/C25H32FN5O2/c1-25(2,3)22(14-4-6-16(26)7-5-14)31-18-10-21(24(31)33)29(12-18)13-19(28)23(32)30-17(11-27)8-15-9-20(15)30/h4-7,15,17-22H,8-10,12-13,28H2,1-3H3/t15-,17+,18+,19+,20+,21+,22+/m1/s1. The Labute approximate surface area is 194 Å². The quantitative estimate of drug-likeness (QED) is 0.736. The molecule has 3 heterocycles. The van der Waals surface area contributed by atoms with Gasteiger partial charge < -0.3 is 15.5 Å². The molecule has 4 aliphatic rings. The molecule has 7 atom stereocenters. The Hall–Kier alpha value is -2.50. The van der Waals surface area contributed by atoms with Gasteiger partial charge in [0.15, 0.2) is 0 Å². The van der Waals surface area contributed by atoms with Crippen molar-refractivity contribution in [2.45, 2.75) is 76.3 Å². The topological polar surface area (TPSA) is 93.7 Å². The lowest BCUT2D eigenvalue weighted by atomic mass is 9.80. The molecular weight excluding hydrogens is 421 g/mol. The summed E-state index contributed by atoms with van der Waals surface area (Å²) in [5.74, 6) is 0.0372. The minimum absolute atomic E-state index is 0.0329. The van der Waals surface area contributed by atoms with Crippen LogP contribution in [0.15, 0.2) is 24.3 Å². The molecule has 1 aromatic rings. The molecule has 1 saturated carbocycles. The van der Waals surface area contributed by atoms with E-state index >= 15 is 0 Å². The number of nitriles is 1. The number of hydrogen-bond acceptors (Lipinski definition) is 5. The second kappa shape index (κ2) is 7.78. The summed E-state index contributed by atoms with van der Waals surface area (Å²) >= 11 is 0. The van der Waals surface area contributed by atoms with Gasteiger partial charge in [-0.2, -0.15) is 5.26 Å². The molecule has 1 aromatic carbocycles. The zero-order chi connectivity index (χ0) is 23.7. The van der Waals surface area contributed by atoms with E-state index in [1.165, 1.54) is 12.1 Å². The number of fused-ring (bicyclic) bond motifs is 3. The number of halogens is 1. The third-order valence-corrected chi connectivity index (χ3v) is 7.85. The minimum atomic E-state index is -0.740. The first-order valence-corrected chi connectivity index (χ1v) is 11.9. The third kappa shape index (κ3) is 3.71. The fraction of sp³-hybridized carbons (Fsp3) is 0.640. The summed E-state index contributed by atoms with van der Waals surface area (Å²) in [6.07, 6.45) is 2.43. The summed E-state index contributed by atoms with van der Waals surface area (Å²) in [4.78, 5) is 32.3. The van der Waals surface area contributed by atoms with E-state index in [-0.39, 0.29) is 53.3 Å². The van der Waals surface area contributed by atoms with Crippen molar-refractivity contribution in [1.29, 1.82) is 5.26 Å². The molecule has 2 amide bonds. The van der Waals surface area contributed by atoms with Crippen LogP contribution in [0.5, 0.6) is 0 Å². The zero-order valence-electron chi connectivity index (χ0n) is 19.4. The Bertz CT molecular complexity index is 1000. The Morgan fingerprint density at radius 3 is 2.55 bits per heavy atom. The van der Waals surface area contributed by atoms with Crippen LogP contribution < -0.4 is 5.73 Å². The monoisotopic (exact) mass is 453 g/mol. The van der Waals surface area contributed by atoms with Gasteiger partial charge in [-0.1, -0.05) is 32.9 Å². The first-order chi connectivity index (χ1) is 15.6. The number of piperidine rings is 1. The highest BCUT2D eigenvalue weighted by molar-refractivity contribution is 5.87. The number of hydrogen-bond donors (Lipinski definition) is 1. The third-order valence-electron chi connectivity index (χ3n) is 7.85. The Morgan fingerprint density at radius 2 is 1.94 bits per heavy atom. The summed E-state index contributed by atoms with van der Waals surface area (Å²) < 4.78 is 13.5. The van der Waals surface area contributed by atoms with Crippen molar-refractivity contribution in [1.82, 2.24) is 14.7 Å². The fourth-order valence-corrected chi connectivity index (χ4v) is 6.36. The maximum atomic E-state index is 13.5. The van der Waals surface area contributed by atoms with Crippen molar-refractivity contribution in [2.75, 3.05) is 13.1 Å². The highest BCUT2D eigenvalue weighted by Crippen LogP contribution is 2.48. The molecule has 2 bridgehead atoms. The number of rotatable bonds is 5. The molecule has 3 aliphatic heterocycles. The van der Waals surface area contributed by atoms with E-state index in [1.807, 2.05) is 9.80 Å². The van der Waals surface area contributed by atoms with E-state index in [2.05, 4.69) is 26.8 Å². The van der Waals surface area contributed by atoms with Gasteiger partial charge in [0.1, 0.15) is 11.9 Å². The summed E-state index contributed by atoms with van der Waals surface area (Å²) in [5, 5.41) is 9.40. The number of nitrogens with two attached hydrogens (primary N) is 1. The Kier molecular flexibility index (Phi) is 5.26. The molecule has 7 nitrogen and oxygen atoms in total. The van der Waals surface area contributed by atoms with Crippen LogP contribution in [-0.2, 0) is 9.59 Å². The number of nitrogens with zero attached hydrogens (tertiary/aromatic N) is 4. The van der Waals surface area contributed by atoms with Crippen LogP contribution in [0.2, 0.25) is 0 Å². The van der Waals surface area contributed by atoms with Gasteiger partial charge in [-0.15, -0.1) is 0 Å². The van der Waals surface area contributed by atoms with Crippen LogP contribution in [0.3, 0.4) is 0 Å². The van der Waals surface area contributed by atoms with E-state index in [0.29, 0.717) is 25.4 Å². The van der Waals surface area contributed by atoms with Crippen LogP contribution >= 0.6 is 0 Å². The maximum Gasteiger partial charge on any atom is 0.242 e. The molecule has 0 radical (unpaired) electrons. The normalized spacial score (nSPS) is 32.6. The lowest BCUT2D eigenvalue weighted by Crippen LogP contribution is -2.58. The predicted octanol–water partition coefficient (Wildman–Crippen LogP) is 2.04. The molecule has 4 fully saturated rings. The van der Waals surface area contributed by atoms with E-state index in [4.69, 9.17) is 5.73 Å². The summed E-state index contributed by atoms with van der Waals surface area (Å²) in [6, 6.07) is 7.30. The molecule has 2 N–H and O–H groups in total. The van der Waals surface area contributed by atoms with Crippen LogP contribution in [-0.4, -0.2) is 69.8 Å². The van der Waals surface area contributed by atoms with Crippen LogP contribution in [0.4, 0.5) is 4.39 Å². The van der Waals surface area contributed by atoms with Gasteiger partial charge in [0, 0.05) is 25.2 Å². The fourth-order valence-electron chi connectivity index (χ4n) is 6.36. The van der Waals surface area contributed by atoms with Crippen molar-refractivity contribution in [2.24, 2.45) is 17.1 Å². The van der Waals surface area contributed by atoms with Gasteiger partial charge in [0.2, 0.25) is 11.8 Å². The largest absolute Gasteiger partial charge is 0.329 e. The smallest absolute Gasteiger partial charge is 0.242 e. The minimum Gasteiger partial charge on any atom is -0.329 e. The van der Waals surface area contributed by atoms with Gasteiger partial charge in [-0.3, -0.25) is 14.5 Å². The number of amides is 2. The highest BCUT2D eigenvalue weighted by atomic mass is 19.1. The SMILES string of the molecule is CC(C)(C)[C@H](c1ccc(F)cc1)N1C(=O)[C@@H]2C[C@H]1CN2C[C@H](N)C(=O)N1[C@H](C#N)C[C@@H]2C[C@@H]21. The van der Waals surface area contributed by atoms with Crippen molar-refractivity contribution < 1.29 is 14.0 Å². The first kappa shape index (κ1) is 22.3. The van der Waals surface area contributed by atoms with Crippen molar-refractivity contribution in [3.63, 3.8) is 0 Å². The summed E-state index contributed by atoms with van der Waals surface area (Å²) in [5.41, 5.74) is 7.02. The number of carbonyl (C=O) groups excluding carboxylic acids is 2. The molecule has 3 saturated heterocycles. The van der Waals surface area contributed by atoms with Crippen molar-refractivity contribution >= 4 is 11.8 Å². The Balaban J connectivity index is 1.29. The highest BCUT2D eigenvalue weighted by Gasteiger charge is 2.56. The van der Waals surface area contributed by atoms with Gasteiger partial charge >= 0.3 is 0 Å². The molecule has 33 heavy (non-hydrogen) atoms. The second-order valence-electron chi connectivity index (χ2n) is 11.2. The zero-order valence-corrected chi connectivity index (χ0v) is 19.4. The van der Waals surface area contributed by atoms with E-state index < -0.39 is 6.04 Å². The second-order valence-corrected chi connectivity index (χ2v) is 11.2.